The molecule has 0 spiro atoms. The first kappa shape index (κ1) is 13.8. The predicted molar refractivity (Wildman–Crippen MR) is 85.3 cm³/mol. The monoisotopic (exact) mass is 349 g/mol. The van der Waals surface area contributed by atoms with Gasteiger partial charge in [0, 0.05) is 10.0 Å². The van der Waals surface area contributed by atoms with E-state index in [1.165, 1.54) is 11.8 Å². The summed E-state index contributed by atoms with van der Waals surface area (Å²) in [4.78, 5) is 16.5. The van der Waals surface area contributed by atoms with Crippen molar-refractivity contribution in [1.29, 1.82) is 0 Å². The van der Waals surface area contributed by atoms with E-state index in [4.69, 9.17) is 4.74 Å². The Labute approximate surface area is 129 Å². The van der Waals surface area contributed by atoms with Crippen molar-refractivity contribution in [2.24, 2.45) is 4.99 Å². The Morgan fingerprint density at radius 2 is 2.10 bits per heavy atom. The summed E-state index contributed by atoms with van der Waals surface area (Å²) < 4.78 is 6.70. The summed E-state index contributed by atoms with van der Waals surface area (Å²) in [6.07, 6.45) is 7.75. The van der Waals surface area contributed by atoms with Gasteiger partial charge in [0.1, 0.15) is 6.10 Å². The molecule has 0 aromatic heterocycles. The minimum atomic E-state index is -0.290. The van der Waals surface area contributed by atoms with Crippen molar-refractivity contribution in [3.8, 4) is 0 Å². The number of thioether (sulfide) groups is 1. The van der Waals surface area contributed by atoms with Gasteiger partial charge in [0.15, 0.2) is 11.3 Å². The molecule has 1 aliphatic heterocycles. The Morgan fingerprint density at radius 3 is 2.85 bits per heavy atom. The molecular formula is C15H12BrNO2S. The van der Waals surface area contributed by atoms with Crippen LogP contribution in [0.15, 0.2) is 58.0 Å². The molecule has 1 aromatic carbocycles. The van der Waals surface area contributed by atoms with Crippen LogP contribution in [0.4, 0.5) is 0 Å². The second-order valence-electron chi connectivity index (χ2n) is 4.40. The number of allylic oxidation sites excluding steroid dienone is 2. The van der Waals surface area contributed by atoms with Gasteiger partial charge in [-0.1, -0.05) is 52.0 Å². The number of nitrogens with zero attached hydrogens (tertiary/aromatic N) is 1. The van der Waals surface area contributed by atoms with E-state index < -0.39 is 0 Å². The van der Waals surface area contributed by atoms with E-state index in [2.05, 4.69) is 20.9 Å². The molecule has 102 valence electrons. The quantitative estimate of drug-likeness (QED) is 0.779. The maximum Gasteiger partial charge on any atom is 0.198 e. The third kappa shape index (κ3) is 3.11. The summed E-state index contributed by atoms with van der Waals surface area (Å²) in [5.74, 6) is 0.454. The molecule has 0 radical (unpaired) electrons. The number of fused-ring (bicyclic) bond motifs is 1. The number of halogens is 1. The van der Waals surface area contributed by atoms with Crippen molar-refractivity contribution < 1.29 is 9.53 Å². The number of aliphatic imine (C=N–C) groups is 1. The molecule has 20 heavy (non-hydrogen) atoms. The van der Waals surface area contributed by atoms with Crippen LogP contribution in [-0.4, -0.2) is 28.9 Å². The van der Waals surface area contributed by atoms with Gasteiger partial charge in [-0.05, 0) is 24.3 Å². The molecule has 0 bridgehead atoms. The van der Waals surface area contributed by atoms with Crippen molar-refractivity contribution >= 4 is 39.2 Å². The number of carbonyl (C=O) groups is 1. The van der Waals surface area contributed by atoms with Crippen LogP contribution in [0, 0.1) is 0 Å². The Morgan fingerprint density at radius 1 is 1.30 bits per heavy atom. The molecule has 0 amide bonds. The number of carbonyl (C=O) groups excluding carboxylic acids is 1. The first-order valence-electron chi connectivity index (χ1n) is 6.21. The first-order chi connectivity index (χ1) is 9.72. The normalized spacial score (nSPS) is 23.6. The standard InChI is InChI=1S/C15H12BrNO2S/c16-11-7-5-10(6-8-11)13(18)9-20-15-17-12-3-1-2-4-14(12)19-15/h1-8,14-15H,9H2/t14-,15-/m0/s1. The Bertz CT molecular complexity index is 607. The van der Waals surface area contributed by atoms with E-state index in [0.29, 0.717) is 11.3 Å². The van der Waals surface area contributed by atoms with Crippen LogP contribution in [0.25, 0.3) is 0 Å². The van der Waals surface area contributed by atoms with E-state index in [0.717, 1.165) is 10.2 Å². The summed E-state index contributed by atoms with van der Waals surface area (Å²) in [6.45, 7) is 0. The summed E-state index contributed by atoms with van der Waals surface area (Å²) in [6, 6.07) is 7.38. The fraction of sp³-hybridized carbons (Fsp3) is 0.200. The number of hydrogen-bond donors (Lipinski definition) is 0. The molecule has 0 saturated carbocycles. The van der Waals surface area contributed by atoms with E-state index in [-0.39, 0.29) is 17.4 Å². The number of Topliss-reactive ketones (excluding diaryl/α,β-unsaturated/α-hetero) is 1. The zero-order valence-electron chi connectivity index (χ0n) is 10.5. The summed E-state index contributed by atoms with van der Waals surface area (Å²) in [5.41, 5.74) is 1.35. The van der Waals surface area contributed by atoms with Gasteiger partial charge in [-0.25, -0.2) is 4.99 Å². The minimum Gasteiger partial charge on any atom is -0.333 e. The summed E-state index contributed by atoms with van der Waals surface area (Å²) >= 11 is 4.77. The number of rotatable bonds is 4. The molecule has 1 heterocycles. The van der Waals surface area contributed by atoms with Gasteiger partial charge in [0.05, 0.1) is 11.5 Å². The van der Waals surface area contributed by atoms with Gasteiger partial charge >= 0.3 is 0 Å². The Balaban J connectivity index is 1.57. The minimum absolute atomic E-state index is 0.0553. The van der Waals surface area contributed by atoms with Gasteiger partial charge in [-0.15, -0.1) is 0 Å². The fourth-order valence-electron chi connectivity index (χ4n) is 1.96. The van der Waals surface area contributed by atoms with Crippen LogP contribution in [-0.2, 0) is 4.74 Å². The largest absolute Gasteiger partial charge is 0.333 e. The molecule has 1 aromatic rings. The maximum absolute atomic E-state index is 12.1. The van der Waals surface area contributed by atoms with Gasteiger partial charge in [0.25, 0.3) is 0 Å². The molecule has 3 nitrogen and oxygen atoms in total. The van der Waals surface area contributed by atoms with E-state index >= 15 is 0 Å². The number of benzene rings is 1. The zero-order valence-corrected chi connectivity index (χ0v) is 12.9. The van der Waals surface area contributed by atoms with Crippen molar-refractivity contribution in [2.75, 3.05) is 5.75 Å². The van der Waals surface area contributed by atoms with Gasteiger partial charge in [-0.3, -0.25) is 4.79 Å². The van der Waals surface area contributed by atoms with Crippen molar-refractivity contribution in [3.63, 3.8) is 0 Å². The smallest absolute Gasteiger partial charge is 0.198 e. The lowest BCUT2D eigenvalue weighted by Crippen LogP contribution is -2.16. The lowest BCUT2D eigenvalue weighted by Gasteiger charge is -2.10. The highest BCUT2D eigenvalue weighted by atomic mass is 79.9. The summed E-state index contributed by atoms with van der Waals surface area (Å²) in [5, 5.41) is 0. The lowest BCUT2D eigenvalue weighted by molar-refractivity contribution is 0.101. The average molecular weight is 350 g/mol. The second kappa shape index (κ2) is 6.08. The lowest BCUT2D eigenvalue weighted by atomic mass is 10.1. The Kier molecular flexibility index (Phi) is 4.19. The van der Waals surface area contributed by atoms with Crippen molar-refractivity contribution in [3.05, 3.63) is 58.6 Å². The molecule has 2 atom stereocenters. The average Bonchev–Trinajstić information content (AvgIpc) is 2.88. The van der Waals surface area contributed by atoms with Gasteiger partial charge < -0.3 is 4.74 Å². The molecule has 1 aliphatic carbocycles. The first-order valence-corrected chi connectivity index (χ1v) is 8.05. The number of ketones is 1. The highest BCUT2D eigenvalue weighted by Gasteiger charge is 2.27. The molecular weight excluding hydrogens is 338 g/mol. The van der Waals surface area contributed by atoms with E-state index in [9.17, 15) is 4.79 Å². The molecule has 2 aliphatic rings. The van der Waals surface area contributed by atoms with Crippen LogP contribution in [0.3, 0.4) is 0 Å². The Hall–Kier alpha value is -1.17. The third-order valence-corrected chi connectivity index (χ3v) is 4.46. The predicted octanol–water partition coefficient (Wildman–Crippen LogP) is 3.61. The van der Waals surface area contributed by atoms with Gasteiger partial charge in [0.2, 0.25) is 0 Å². The number of ether oxygens (including phenoxy) is 1. The fourth-order valence-corrected chi connectivity index (χ4v) is 3.08. The molecule has 0 unspecified atom stereocenters. The molecule has 0 saturated heterocycles. The molecule has 0 fully saturated rings. The molecule has 3 rings (SSSR count). The summed E-state index contributed by atoms with van der Waals surface area (Å²) in [7, 11) is 0. The van der Waals surface area contributed by atoms with E-state index in [1.54, 1.807) is 0 Å². The SMILES string of the molecule is O=C(CS[C@H]1N=C2C=CC=C[C@@H]2O1)c1ccc(Br)cc1. The van der Waals surface area contributed by atoms with Crippen LogP contribution < -0.4 is 0 Å². The van der Waals surface area contributed by atoms with Crippen molar-refractivity contribution in [2.45, 2.75) is 11.7 Å². The van der Waals surface area contributed by atoms with Crippen LogP contribution in [0.1, 0.15) is 10.4 Å². The number of hydrogen-bond acceptors (Lipinski definition) is 4. The highest BCUT2D eigenvalue weighted by molar-refractivity contribution is 9.10. The maximum atomic E-state index is 12.1. The second-order valence-corrected chi connectivity index (χ2v) is 6.34. The molecule has 0 N–H and O–H groups in total. The zero-order chi connectivity index (χ0) is 13.9. The molecule has 5 heteroatoms. The topological polar surface area (TPSA) is 38.7 Å². The van der Waals surface area contributed by atoms with Crippen LogP contribution in [0.5, 0.6) is 0 Å². The third-order valence-electron chi connectivity index (χ3n) is 3.00. The van der Waals surface area contributed by atoms with Gasteiger partial charge in [-0.2, -0.15) is 0 Å². The highest BCUT2D eigenvalue weighted by Crippen LogP contribution is 2.26. The van der Waals surface area contributed by atoms with E-state index in [1.807, 2.05) is 48.6 Å². The van der Waals surface area contributed by atoms with Crippen LogP contribution >= 0.6 is 27.7 Å². The van der Waals surface area contributed by atoms with Crippen molar-refractivity contribution in [1.82, 2.24) is 0 Å². The van der Waals surface area contributed by atoms with Crippen LogP contribution in [0.2, 0.25) is 0 Å².